The molecule has 1 unspecified atom stereocenters. The molecule has 0 saturated carbocycles. The van der Waals surface area contributed by atoms with Gasteiger partial charge in [-0.1, -0.05) is 53.5 Å². The number of carbonyl (C=O) groups excluding carboxylic acids is 2. The van der Waals surface area contributed by atoms with E-state index in [9.17, 15) is 9.59 Å². The van der Waals surface area contributed by atoms with Gasteiger partial charge in [0.2, 0.25) is 5.78 Å². The normalized spacial score (nSPS) is 20.9. The van der Waals surface area contributed by atoms with E-state index in [-0.39, 0.29) is 26.9 Å². The molecule has 106 valence electrons. The van der Waals surface area contributed by atoms with E-state index >= 15 is 4.39 Å². The molecule has 1 heterocycles. The van der Waals surface area contributed by atoms with E-state index in [0.717, 1.165) is 0 Å². The van der Waals surface area contributed by atoms with Crippen LogP contribution in [0.15, 0.2) is 42.5 Å². The van der Waals surface area contributed by atoms with E-state index in [1.165, 1.54) is 24.3 Å². The summed E-state index contributed by atoms with van der Waals surface area (Å²) in [6.07, 6.45) is 0. The van der Waals surface area contributed by atoms with Crippen LogP contribution in [0.1, 0.15) is 15.9 Å². The first-order chi connectivity index (χ1) is 9.94. The molecule has 0 aromatic heterocycles. The van der Waals surface area contributed by atoms with Crippen LogP contribution < -0.4 is 5.32 Å². The molecule has 0 bridgehead atoms. The van der Waals surface area contributed by atoms with Gasteiger partial charge in [0, 0.05) is 11.1 Å². The summed E-state index contributed by atoms with van der Waals surface area (Å²) in [4.78, 5) is 24.6. The van der Waals surface area contributed by atoms with Gasteiger partial charge in [0.1, 0.15) is 0 Å². The molecule has 21 heavy (non-hydrogen) atoms. The lowest BCUT2D eigenvalue weighted by atomic mass is 9.83. The molecule has 0 spiro atoms. The van der Waals surface area contributed by atoms with Crippen LogP contribution in [-0.4, -0.2) is 11.7 Å². The van der Waals surface area contributed by atoms with Crippen molar-refractivity contribution in [1.82, 2.24) is 0 Å². The monoisotopic (exact) mass is 323 g/mol. The molecule has 2 aromatic rings. The Bertz CT molecular complexity index is 764. The van der Waals surface area contributed by atoms with Crippen LogP contribution in [0.4, 0.5) is 10.1 Å². The van der Waals surface area contributed by atoms with Crippen LogP contribution in [0, 0.1) is 0 Å². The van der Waals surface area contributed by atoms with E-state index in [0.29, 0.717) is 0 Å². The number of alkyl halides is 1. The zero-order chi connectivity index (χ0) is 15.2. The van der Waals surface area contributed by atoms with Gasteiger partial charge in [-0.2, -0.15) is 0 Å². The van der Waals surface area contributed by atoms with Crippen LogP contribution >= 0.6 is 23.2 Å². The highest BCUT2D eigenvalue weighted by Crippen LogP contribution is 2.40. The number of Topliss-reactive ketones (excluding diaryl/α,β-unsaturated/α-hetero) is 1. The molecule has 0 aliphatic carbocycles. The van der Waals surface area contributed by atoms with Crippen molar-refractivity contribution in [3.63, 3.8) is 0 Å². The van der Waals surface area contributed by atoms with Crippen molar-refractivity contribution in [3.05, 3.63) is 63.6 Å². The first-order valence-corrected chi connectivity index (χ1v) is 6.80. The number of carbonyl (C=O) groups is 2. The van der Waals surface area contributed by atoms with Crippen molar-refractivity contribution in [2.24, 2.45) is 0 Å². The van der Waals surface area contributed by atoms with E-state index in [1.807, 2.05) is 0 Å². The molecule has 2 aromatic carbocycles. The Kier molecular flexibility index (Phi) is 3.23. The lowest BCUT2D eigenvalue weighted by Crippen LogP contribution is -2.47. The topological polar surface area (TPSA) is 46.2 Å². The Morgan fingerprint density at radius 3 is 2.29 bits per heavy atom. The van der Waals surface area contributed by atoms with Gasteiger partial charge in [0.15, 0.2) is 0 Å². The number of hydrogen-bond acceptors (Lipinski definition) is 2. The molecule has 1 aliphatic heterocycles. The summed E-state index contributed by atoms with van der Waals surface area (Å²) in [5.74, 6) is -1.99. The van der Waals surface area contributed by atoms with Gasteiger partial charge in [-0.3, -0.25) is 9.59 Å². The minimum absolute atomic E-state index is 0.00430. The Balaban J connectivity index is 2.20. The number of rotatable bonds is 1. The SMILES string of the molecule is O=C1Nc2cc(Cl)c(Cl)cc2C(=O)C1(F)c1ccccc1. The predicted octanol–water partition coefficient (Wildman–Crippen LogP) is 3.99. The summed E-state index contributed by atoms with van der Waals surface area (Å²) < 4.78 is 15.2. The average Bonchev–Trinajstić information content (AvgIpc) is 2.48. The summed E-state index contributed by atoms with van der Waals surface area (Å²) in [5, 5.41) is 2.67. The van der Waals surface area contributed by atoms with Gasteiger partial charge in [-0.05, 0) is 12.1 Å². The van der Waals surface area contributed by atoms with Crippen molar-refractivity contribution in [1.29, 1.82) is 0 Å². The second-order valence-electron chi connectivity index (χ2n) is 4.62. The molecule has 1 aliphatic rings. The zero-order valence-electron chi connectivity index (χ0n) is 10.5. The number of fused-ring (bicyclic) bond motifs is 1. The second-order valence-corrected chi connectivity index (χ2v) is 5.43. The number of benzene rings is 2. The first kappa shape index (κ1) is 14.0. The fraction of sp³-hybridized carbons (Fsp3) is 0.0667. The van der Waals surface area contributed by atoms with Gasteiger partial charge in [-0.25, -0.2) is 4.39 Å². The second kappa shape index (κ2) is 4.83. The molecule has 3 rings (SSSR count). The van der Waals surface area contributed by atoms with Gasteiger partial charge in [-0.15, -0.1) is 0 Å². The largest absolute Gasteiger partial charge is 0.322 e. The molecule has 0 saturated heterocycles. The lowest BCUT2D eigenvalue weighted by Gasteiger charge is -2.29. The molecule has 1 amide bonds. The van der Waals surface area contributed by atoms with E-state index < -0.39 is 17.4 Å². The molecule has 1 atom stereocenters. The maximum absolute atomic E-state index is 15.2. The number of ketones is 1. The quantitative estimate of drug-likeness (QED) is 0.806. The van der Waals surface area contributed by atoms with Crippen molar-refractivity contribution < 1.29 is 14.0 Å². The maximum Gasteiger partial charge on any atom is 0.275 e. The number of nitrogens with one attached hydrogen (secondary N) is 1. The van der Waals surface area contributed by atoms with Gasteiger partial charge in [0.25, 0.3) is 11.6 Å². The van der Waals surface area contributed by atoms with Crippen molar-refractivity contribution in [3.8, 4) is 0 Å². The molecule has 1 N–H and O–H groups in total. The van der Waals surface area contributed by atoms with Gasteiger partial charge in [0.05, 0.1) is 15.7 Å². The molecule has 6 heteroatoms. The highest BCUT2D eigenvalue weighted by Gasteiger charge is 2.52. The zero-order valence-corrected chi connectivity index (χ0v) is 12.0. The predicted molar refractivity (Wildman–Crippen MR) is 78.7 cm³/mol. The van der Waals surface area contributed by atoms with E-state index in [1.54, 1.807) is 18.2 Å². The van der Waals surface area contributed by atoms with Crippen LogP contribution in [0.5, 0.6) is 0 Å². The standard InChI is InChI=1S/C15H8Cl2FNO2/c16-10-6-9-12(7-11(10)17)19-14(21)15(18,13(9)20)8-4-2-1-3-5-8/h1-7H,(H,19,21). The van der Waals surface area contributed by atoms with Crippen LogP contribution in [0.2, 0.25) is 10.0 Å². The molecular weight excluding hydrogens is 316 g/mol. The number of amides is 1. The number of halogens is 3. The van der Waals surface area contributed by atoms with Crippen molar-refractivity contribution in [2.45, 2.75) is 5.67 Å². The maximum atomic E-state index is 15.2. The lowest BCUT2D eigenvalue weighted by molar-refractivity contribution is -0.125. The van der Waals surface area contributed by atoms with Gasteiger partial charge >= 0.3 is 0 Å². The number of hydrogen-bond donors (Lipinski definition) is 1. The Morgan fingerprint density at radius 1 is 1.00 bits per heavy atom. The highest BCUT2D eigenvalue weighted by atomic mass is 35.5. The summed E-state index contributed by atoms with van der Waals surface area (Å²) in [7, 11) is 0. The van der Waals surface area contributed by atoms with Crippen LogP contribution in [0.3, 0.4) is 0 Å². The van der Waals surface area contributed by atoms with E-state index in [4.69, 9.17) is 23.2 Å². The third-order valence-corrected chi connectivity index (χ3v) is 4.07. The third-order valence-electron chi connectivity index (χ3n) is 3.35. The smallest absolute Gasteiger partial charge is 0.275 e. The minimum Gasteiger partial charge on any atom is -0.322 e. The van der Waals surface area contributed by atoms with Crippen molar-refractivity contribution >= 4 is 40.6 Å². The Morgan fingerprint density at radius 2 is 1.62 bits per heavy atom. The molecule has 3 nitrogen and oxygen atoms in total. The van der Waals surface area contributed by atoms with E-state index in [2.05, 4.69) is 5.32 Å². The Labute approximate surface area is 129 Å². The molecule has 0 radical (unpaired) electrons. The van der Waals surface area contributed by atoms with Crippen LogP contribution in [0.25, 0.3) is 0 Å². The fourth-order valence-corrected chi connectivity index (χ4v) is 2.59. The summed E-state index contributed by atoms with van der Waals surface area (Å²) >= 11 is 11.7. The summed E-state index contributed by atoms with van der Waals surface area (Å²) in [6, 6.07) is 10.2. The first-order valence-electron chi connectivity index (χ1n) is 6.04. The molecule has 0 fully saturated rings. The average molecular weight is 324 g/mol. The van der Waals surface area contributed by atoms with Crippen molar-refractivity contribution in [2.75, 3.05) is 5.32 Å². The minimum atomic E-state index is -2.77. The molecular formula is C15H8Cl2FNO2. The summed E-state index contributed by atoms with van der Waals surface area (Å²) in [6.45, 7) is 0. The fourth-order valence-electron chi connectivity index (χ4n) is 2.27. The Hall–Kier alpha value is -1.91. The highest BCUT2D eigenvalue weighted by molar-refractivity contribution is 6.43. The number of anilines is 1. The van der Waals surface area contributed by atoms with Gasteiger partial charge < -0.3 is 5.32 Å². The summed E-state index contributed by atoms with van der Waals surface area (Å²) in [5.41, 5.74) is -2.64. The third kappa shape index (κ3) is 2.03. The van der Waals surface area contributed by atoms with Crippen LogP contribution in [-0.2, 0) is 10.5 Å².